The molecule has 0 radical (unpaired) electrons. The van der Waals surface area contributed by atoms with Crippen LogP contribution in [0.3, 0.4) is 0 Å². The molecule has 0 aromatic heterocycles. The van der Waals surface area contributed by atoms with Gasteiger partial charge in [-0.1, -0.05) is 0 Å². The van der Waals surface area contributed by atoms with Gasteiger partial charge in [-0.15, -0.1) is 0 Å². The molecular formula is C12H18O2. The summed E-state index contributed by atoms with van der Waals surface area (Å²) >= 11 is 0. The number of Topliss-reactive ketones (excluding diaryl/α,β-unsaturated/α-hetero) is 2. The van der Waals surface area contributed by atoms with Crippen molar-refractivity contribution in [3.05, 3.63) is 0 Å². The van der Waals surface area contributed by atoms with Crippen LogP contribution in [0.25, 0.3) is 0 Å². The molecular weight excluding hydrogens is 176 g/mol. The Morgan fingerprint density at radius 3 is 2.14 bits per heavy atom. The van der Waals surface area contributed by atoms with Crippen molar-refractivity contribution in [1.29, 1.82) is 0 Å². The van der Waals surface area contributed by atoms with E-state index in [1.807, 2.05) is 0 Å². The highest BCUT2D eigenvalue weighted by Gasteiger charge is 2.29. The Kier molecular flexibility index (Phi) is 2.99. The van der Waals surface area contributed by atoms with Crippen molar-refractivity contribution in [3.63, 3.8) is 0 Å². The van der Waals surface area contributed by atoms with Crippen molar-refractivity contribution < 1.29 is 9.59 Å². The lowest BCUT2D eigenvalue weighted by molar-refractivity contribution is -0.123. The van der Waals surface area contributed by atoms with Gasteiger partial charge in [0, 0.05) is 25.7 Å². The molecule has 0 amide bonds. The number of ketones is 2. The van der Waals surface area contributed by atoms with Gasteiger partial charge in [-0.05, 0) is 37.5 Å². The zero-order valence-electron chi connectivity index (χ0n) is 8.63. The Labute approximate surface area is 85.1 Å². The first-order chi connectivity index (χ1) is 6.75. The first kappa shape index (κ1) is 9.88. The maximum absolute atomic E-state index is 11.3. The molecule has 1 atom stereocenters. The van der Waals surface area contributed by atoms with Crippen LogP contribution >= 0.6 is 0 Å². The Morgan fingerprint density at radius 1 is 0.786 bits per heavy atom. The topological polar surface area (TPSA) is 34.1 Å². The molecule has 0 saturated heterocycles. The fourth-order valence-electron chi connectivity index (χ4n) is 2.89. The zero-order chi connectivity index (χ0) is 9.97. The van der Waals surface area contributed by atoms with Gasteiger partial charge in [0.05, 0.1) is 0 Å². The summed E-state index contributed by atoms with van der Waals surface area (Å²) in [6.45, 7) is 0. The third-order valence-electron chi connectivity index (χ3n) is 3.77. The standard InChI is InChI=1S/C12H18O2/c13-11-6-4-9(5-7-11)10-2-1-3-12(14)8-10/h9-10H,1-8H2. The van der Waals surface area contributed by atoms with E-state index in [4.69, 9.17) is 0 Å². The highest BCUT2D eigenvalue weighted by atomic mass is 16.1. The minimum absolute atomic E-state index is 0.420. The van der Waals surface area contributed by atoms with Crippen LogP contribution in [-0.2, 0) is 9.59 Å². The molecule has 0 spiro atoms. The monoisotopic (exact) mass is 194 g/mol. The maximum Gasteiger partial charge on any atom is 0.133 e. The lowest BCUT2D eigenvalue weighted by Crippen LogP contribution is -2.26. The Morgan fingerprint density at radius 2 is 1.50 bits per heavy atom. The van der Waals surface area contributed by atoms with Crippen LogP contribution < -0.4 is 0 Å². The predicted octanol–water partition coefficient (Wildman–Crippen LogP) is 2.51. The van der Waals surface area contributed by atoms with E-state index in [0.29, 0.717) is 23.4 Å². The van der Waals surface area contributed by atoms with Crippen LogP contribution in [0.15, 0.2) is 0 Å². The second-order valence-corrected chi connectivity index (χ2v) is 4.77. The van der Waals surface area contributed by atoms with Crippen LogP contribution in [0.1, 0.15) is 51.4 Å². The van der Waals surface area contributed by atoms with Gasteiger partial charge in [-0.3, -0.25) is 9.59 Å². The largest absolute Gasteiger partial charge is 0.300 e. The number of hydrogen-bond acceptors (Lipinski definition) is 2. The van der Waals surface area contributed by atoms with Gasteiger partial charge in [0.2, 0.25) is 0 Å². The fourth-order valence-corrected chi connectivity index (χ4v) is 2.89. The van der Waals surface area contributed by atoms with Gasteiger partial charge in [-0.2, -0.15) is 0 Å². The minimum atomic E-state index is 0.420. The molecule has 2 nitrogen and oxygen atoms in total. The second kappa shape index (κ2) is 4.24. The van der Waals surface area contributed by atoms with Gasteiger partial charge in [0.25, 0.3) is 0 Å². The van der Waals surface area contributed by atoms with E-state index in [9.17, 15) is 9.59 Å². The van der Waals surface area contributed by atoms with Crippen LogP contribution in [0, 0.1) is 11.8 Å². The molecule has 0 heterocycles. The van der Waals surface area contributed by atoms with Crippen LogP contribution in [0.2, 0.25) is 0 Å². The molecule has 2 aliphatic carbocycles. The molecule has 14 heavy (non-hydrogen) atoms. The summed E-state index contributed by atoms with van der Waals surface area (Å²) in [5, 5.41) is 0. The molecule has 2 fully saturated rings. The average molecular weight is 194 g/mol. The Balaban J connectivity index is 1.88. The minimum Gasteiger partial charge on any atom is -0.300 e. The van der Waals surface area contributed by atoms with Crippen molar-refractivity contribution in [3.8, 4) is 0 Å². The Hall–Kier alpha value is -0.660. The van der Waals surface area contributed by atoms with Gasteiger partial charge < -0.3 is 0 Å². The SMILES string of the molecule is O=C1CCC(C2CCCC(=O)C2)CC1. The molecule has 2 rings (SSSR count). The third-order valence-corrected chi connectivity index (χ3v) is 3.77. The molecule has 0 aromatic carbocycles. The molecule has 0 N–H and O–H groups in total. The van der Waals surface area contributed by atoms with Crippen molar-refractivity contribution in [1.82, 2.24) is 0 Å². The lowest BCUT2D eigenvalue weighted by atomic mass is 9.73. The molecule has 2 heteroatoms. The quantitative estimate of drug-likeness (QED) is 0.642. The van der Waals surface area contributed by atoms with Crippen LogP contribution in [0.5, 0.6) is 0 Å². The van der Waals surface area contributed by atoms with Crippen molar-refractivity contribution in [2.24, 2.45) is 11.8 Å². The molecule has 0 aromatic rings. The molecule has 1 unspecified atom stereocenters. The number of carbonyl (C=O) groups excluding carboxylic acids is 2. The zero-order valence-corrected chi connectivity index (χ0v) is 8.63. The van der Waals surface area contributed by atoms with Crippen molar-refractivity contribution in [2.45, 2.75) is 51.4 Å². The smallest absolute Gasteiger partial charge is 0.133 e. The van der Waals surface area contributed by atoms with E-state index in [1.54, 1.807) is 0 Å². The third kappa shape index (κ3) is 2.23. The maximum atomic E-state index is 11.3. The Bertz CT molecular complexity index is 235. The van der Waals surface area contributed by atoms with E-state index in [0.717, 1.165) is 44.9 Å². The molecule has 2 saturated carbocycles. The summed E-state index contributed by atoms with van der Waals surface area (Å²) in [7, 11) is 0. The molecule has 2 aliphatic rings. The first-order valence-corrected chi connectivity index (χ1v) is 5.79. The van der Waals surface area contributed by atoms with Gasteiger partial charge in [-0.25, -0.2) is 0 Å². The summed E-state index contributed by atoms with van der Waals surface area (Å²) in [6, 6.07) is 0. The van der Waals surface area contributed by atoms with Crippen LogP contribution in [-0.4, -0.2) is 11.6 Å². The van der Waals surface area contributed by atoms with E-state index in [-0.39, 0.29) is 0 Å². The van der Waals surface area contributed by atoms with Crippen LogP contribution in [0.4, 0.5) is 0 Å². The summed E-state index contributed by atoms with van der Waals surface area (Å²) in [5.74, 6) is 2.13. The number of hydrogen-bond donors (Lipinski definition) is 0. The molecule has 0 bridgehead atoms. The van der Waals surface area contributed by atoms with Crippen molar-refractivity contribution >= 4 is 11.6 Å². The highest BCUT2D eigenvalue weighted by molar-refractivity contribution is 5.80. The summed E-state index contributed by atoms with van der Waals surface area (Å²) in [4.78, 5) is 22.4. The normalized spacial score (nSPS) is 30.7. The number of rotatable bonds is 1. The van der Waals surface area contributed by atoms with Crippen molar-refractivity contribution in [2.75, 3.05) is 0 Å². The number of carbonyl (C=O) groups is 2. The molecule has 0 aliphatic heterocycles. The summed E-state index contributed by atoms with van der Waals surface area (Å²) in [6.07, 6.45) is 7.47. The van der Waals surface area contributed by atoms with E-state index in [2.05, 4.69) is 0 Å². The average Bonchev–Trinajstić information content (AvgIpc) is 2.19. The lowest BCUT2D eigenvalue weighted by Gasteiger charge is -2.31. The van der Waals surface area contributed by atoms with Gasteiger partial charge in [0.15, 0.2) is 0 Å². The first-order valence-electron chi connectivity index (χ1n) is 5.79. The summed E-state index contributed by atoms with van der Waals surface area (Å²) in [5.41, 5.74) is 0. The van der Waals surface area contributed by atoms with E-state index in [1.165, 1.54) is 6.42 Å². The summed E-state index contributed by atoms with van der Waals surface area (Å²) < 4.78 is 0. The fraction of sp³-hybridized carbons (Fsp3) is 0.833. The van der Waals surface area contributed by atoms with E-state index < -0.39 is 0 Å². The molecule has 78 valence electrons. The predicted molar refractivity (Wildman–Crippen MR) is 53.9 cm³/mol. The van der Waals surface area contributed by atoms with E-state index >= 15 is 0 Å². The highest BCUT2D eigenvalue weighted by Crippen LogP contribution is 2.36. The second-order valence-electron chi connectivity index (χ2n) is 4.77. The van der Waals surface area contributed by atoms with Gasteiger partial charge in [0.1, 0.15) is 11.6 Å². The van der Waals surface area contributed by atoms with Gasteiger partial charge >= 0.3 is 0 Å².